The summed E-state index contributed by atoms with van der Waals surface area (Å²) in [5.74, 6) is 0.116. The summed E-state index contributed by atoms with van der Waals surface area (Å²) in [4.78, 5) is 36.3. The number of alkyl halides is 3. The smallest absolute Gasteiger partial charge is 0.332 e. The molecule has 2 aliphatic rings. The van der Waals surface area contributed by atoms with E-state index in [0.29, 0.717) is 54.4 Å². The third-order valence-corrected chi connectivity index (χ3v) is 10.5. The maximum Gasteiger partial charge on any atom is 0.416 e. The number of nitrogens with zero attached hydrogens (tertiary/aromatic N) is 4. The summed E-state index contributed by atoms with van der Waals surface area (Å²) >= 11 is 1.38. The van der Waals surface area contributed by atoms with Gasteiger partial charge in [0.2, 0.25) is 5.91 Å². The van der Waals surface area contributed by atoms with E-state index in [-0.39, 0.29) is 23.3 Å². The van der Waals surface area contributed by atoms with Crippen LogP contribution in [0.25, 0.3) is 11.1 Å². The molecule has 6 rings (SSSR count). The molecule has 1 aliphatic heterocycles. The summed E-state index contributed by atoms with van der Waals surface area (Å²) < 4.78 is 54.9. The standard InChI is InChI=1S/C37H38F4N4O2S/c1-3-43(4-2)20-21-44-32(27-12-10-25(11-13-27)26-14-16-28(17-15-26)37(39,40)41)22-33(35(44)47)45-31-7-5-6-30(31)34(46)42-36(45)48-23-24-8-18-29(38)19-9-24/h8-19,32-33H,3-7,20-23H2,1-2H3/t32-,33+/m1/s1. The van der Waals surface area contributed by atoms with E-state index in [1.807, 2.05) is 33.7 Å². The van der Waals surface area contributed by atoms with Crippen molar-refractivity contribution in [2.45, 2.75) is 68.7 Å². The van der Waals surface area contributed by atoms with E-state index in [1.54, 1.807) is 12.1 Å². The van der Waals surface area contributed by atoms with Gasteiger partial charge in [-0.1, -0.05) is 74.1 Å². The van der Waals surface area contributed by atoms with E-state index in [1.165, 1.54) is 36.0 Å². The van der Waals surface area contributed by atoms with Crippen LogP contribution in [0.4, 0.5) is 17.6 Å². The minimum atomic E-state index is -4.40. The van der Waals surface area contributed by atoms with Crippen LogP contribution >= 0.6 is 11.8 Å². The molecule has 2 heterocycles. The summed E-state index contributed by atoms with van der Waals surface area (Å²) in [6, 6.07) is 18.2. The lowest BCUT2D eigenvalue weighted by Gasteiger charge is -2.28. The minimum Gasteiger partial charge on any atom is -0.332 e. The molecule has 0 bridgehead atoms. The normalized spacial score (nSPS) is 17.8. The molecule has 252 valence electrons. The Kier molecular flexibility index (Phi) is 10.1. The van der Waals surface area contributed by atoms with Gasteiger partial charge in [-0.25, -0.2) is 4.39 Å². The van der Waals surface area contributed by atoms with Crippen LogP contribution in [0.3, 0.4) is 0 Å². The van der Waals surface area contributed by atoms with Crippen molar-refractivity contribution in [1.82, 2.24) is 19.4 Å². The van der Waals surface area contributed by atoms with E-state index in [2.05, 4.69) is 23.7 Å². The first-order chi connectivity index (χ1) is 23.1. The molecule has 1 aromatic heterocycles. The first kappa shape index (κ1) is 33.9. The Labute approximate surface area is 281 Å². The number of aromatic nitrogens is 2. The van der Waals surface area contributed by atoms with E-state index < -0.39 is 17.8 Å². The Hall–Kier alpha value is -3.96. The number of likely N-dealkylation sites (tertiary alicyclic amines) is 1. The number of halogens is 4. The lowest BCUT2D eigenvalue weighted by atomic mass is 9.98. The fraction of sp³-hybridized carbons (Fsp3) is 0.378. The molecule has 0 saturated carbocycles. The fourth-order valence-electron chi connectivity index (χ4n) is 6.82. The number of hydrogen-bond acceptors (Lipinski definition) is 5. The molecule has 1 amide bonds. The van der Waals surface area contributed by atoms with Crippen LogP contribution in [0.5, 0.6) is 0 Å². The minimum absolute atomic E-state index is 0.0258. The van der Waals surface area contributed by atoms with Crippen molar-refractivity contribution in [2.75, 3.05) is 26.2 Å². The molecule has 0 N–H and O–H groups in total. The molecule has 48 heavy (non-hydrogen) atoms. The number of fused-ring (bicyclic) bond motifs is 1. The maximum atomic E-state index is 14.5. The fourth-order valence-corrected chi connectivity index (χ4v) is 7.83. The van der Waals surface area contributed by atoms with E-state index in [0.717, 1.165) is 54.0 Å². The van der Waals surface area contributed by atoms with Crippen LogP contribution in [0.15, 0.2) is 82.7 Å². The predicted octanol–water partition coefficient (Wildman–Crippen LogP) is 7.71. The quantitative estimate of drug-likeness (QED) is 0.0925. The number of hydrogen-bond donors (Lipinski definition) is 0. The highest BCUT2D eigenvalue weighted by Gasteiger charge is 2.43. The second-order valence-corrected chi connectivity index (χ2v) is 13.2. The molecule has 1 fully saturated rings. The van der Waals surface area contributed by atoms with Gasteiger partial charge < -0.3 is 14.4 Å². The van der Waals surface area contributed by atoms with Crippen molar-refractivity contribution in [2.24, 2.45) is 0 Å². The number of likely N-dealkylation sites (N-methyl/N-ethyl adjacent to an activating group) is 1. The zero-order chi connectivity index (χ0) is 34.0. The van der Waals surface area contributed by atoms with Gasteiger partial charge in [-0.2, -0.15) is 18.2 Å². The first-order valence-electron chi connectivity index (χ1n) is 16.4. The molecular formula is C37H38F4N4O2S. The first-order valence-corrected chi connectivity index (χ1v) is 17.4. The van der Waals surface area contributed by atoms with Gasteiger partial charge in [0.15, 0.2) is 5.16 Å². The van der Waals surface area contributed by atoms with Crippen molar-refractivity contribution in [3.63, 3.8) is 0 Å². The molecule has 0 unspecified atom stereocenters. The highest BCUT2D eigenvalue weighted by Crippen LogP contribution is 2.43. The van der Waals surface area contributed by atoms with Gasteiger partial charge in [0.25, 0.3) is 5.56 Å². The molecule has 1 saturated heterocycles. The van der Waals surface area contributed by atoms with Crippen molar-refractivity contribution >= 4 is 17.7 Å². The Morgan fingerprint density at radius 2 is 1.52 bits per heavy atom. The van der Waals surface area contributed by atoms with Gasteiger partial charge in [-0.15, -0.1) is 0 Å². The van der Waals surface area contributed by atoms with Crippen molar-refractivity contribution in [1.29, 1.82) is 0 Å². The van der Waals surface area contributed by atoms with Crippen LogP contribution in [-0.2, 0) is 29.6 Å². The number of carbonyl (C=O) groups excluding carboxylic acids is 1. The Balaban J connectivity index is 1.33. The average molecular weight is 679 g/mol. The lowest BCUT2D eigenvalue weighted by molar-refractivity contribution is -0.137. The molecule has 4 aromatic rings. The molecule has 0 radical (unpaired) electrons. The molecule has 3 aromatic carbocycles. The van der Waals surface area contributed by atoms with Crippen molar-refractivity contribution < 1.29 is 22.4 Å². The summed E-state index contributed by atoms with van der Waals surface area (Å²) in [7, 11) is 0. The molecule has 11 heteroatoms. The van der Waals surface area contributed by atoms with Gasteiger partial charge in [-0.05, 0) is 78.9 Å². The van der Waals surface area contributed by atoms with Crippen LogP contribution in [0.2, 0.25) is 0 Å². The van der Waals surface area contributed by atoms with Gasteiger partial charge >= 0.3 is 6.18 Å². The SMILES string of the molecule is CCN(CC)CCN1C(=O)[C@@H](n2c(SCc3ccc(F)cc3)nc(=O)c3c2CCC3)C[C@@H]1c1ccc(-c2ccc(C(F)(F)F)cc2)cc1. The second kappa shape index (κ2) is 14.3. The van der Waals surface area contributed by atoms with Crippen LogP contribution < -0.4 is 5.56 Å². The van der Waals surface area contributed by atoms with Gasteiger partial charge in [0.1, 0.15) is 11.9 Å². The third kappa shape index (κ3) is 7.08. The van der Waals surface area contributed by atoms with Gasteiger partial charge in [0.05, 0.1) is 11.6 Å². The summed E-state index contributed by atoms with van der Waals surface area (Å²) in [6.45, 7) is 7.13. The summed E-state index contributed by atoms with van der Waals surface area (Å²) in [5, 5.41) is 0.491. The molecule has 1 aliphatic carbocycles. The predicted molar refractivity (Wildman–Crippen MR) is 179 cm³/mol. The average Bonchev–Trinajstić information content (AvgIpc) is 3.70. The Morgan fingerprint density at radius 3 is 2.15 bits per heavy atom. The Bertz CT molecular complexity index is 1800. The van der Waals surface area contributed by atoms with Crippen molar-refractivity contribution in [3.05, 3.63) is 117 Å². The number of thioether (sulfide) groups is 1. The molecule has 2 atom stereocenters. The van der Waals surface area contributed by atoms with Gasteiger partial charge in [0, 0.05) is 36.5 Å². The number of carbonyl (C=O) groups is 1. The second-order valence-electron chi connectivity index (χ2n) is 12.3. The van der Waals surface area contributed by atoms with E-state index in [9.17, 15) is 27.2 Å². The Morgan fingerprint density at radius 1 is 0.875 bits per heavy atom. The monoisotopic (exact) mass is 678 g/mol. The summed E-state index contributed by atoms with van der Waals surface area (Å²) in [5.41, 5.74) is 3.88. The van der Waals surface area contributed by atoms with E-state index in [4.69, 9.17) is 0 Å². The molecular weight excluding hydrogens is 640 g/mol. The lowest BCUT2D eigenvalue weighted by Crippen LogP contribution is -2.38. The highest BCUT2D eigenvalue weighted by molar-refractivity contribution is 7.98. The van der Waals surface area contributed by atoms with Crippen LogP contribution in [-0.4, -0.2) is 51.4 Å². The van der Waals surface area contributed by atoms with Gasteiger partial charge in [-0.3, -0.25) is 9.59 Å². The van der Waals surface area contributed by atoms with Crippen molar-refractivity contribution in [3.8, 4) is 11.1 Å². The third-order valence-electron chi connectivity index (χ3n) is 9.52. The molecule has 6 nitrogen and oxygen atoms in total. The summed E-state index contributed by atoms with van der Waals surface area (Å²) in [6.07, 6.45) is -1.78. The molecule has 0 spiro atoms. The van der Waals surface area contributed by atoms with E-state index >= 15 is 0 Å². The maximum absolute atomic E-state index is 14.5. The largest absolute Gasteiger partial charge is 0.416 e. The van der Waals surface area contributed by atoms with Crippen LogP contribution in [0.1, 0.15) is 66.7 Å². The zero-order valence-corrected chi connectivity index (χ0v) is 27.8. The number of benzene rings is 3. The zero-order valence-electron chi connectivity index (χ0n) is 27.0. The number of rotatable bonds is 11. The topological polar surface area (TPSA) is 58.4 Å². The number of amides is 1. The highest BCUT2D eigenvalue weighted by atomic mass is 32.2. The van der Waals surface area contributed by atoms with Crippen LogP contribution in [0, 0.1) is 5.82 Å².